The lowest BCUT2D eigenvalue weighted by atomic mass is 10.1. The Morgan fingerprint density at radius 1 is 0.492 bits per heavy atom. The molecule has 0 aromatic carbocycles. The summed E-state index contributed by atoms with van der Waals surface area (Å²) in [6, 6.07) is 0. The van der Waals surface area contributed by atoms with Crippen LogP contribution in [0, 0.1) is 0 Å². The Morgan fingerprint density at radius 3 is 1.41 bits per heavy atom. The van der Waals surface area contributed by atoms with Gasteiger partial charge in [0, 0.05) is 12.8 Å². The maximum absolute atomic E-state index is 12.7. The average Bonchev–Trinajstić information content (AvgIpc) is 3.22. The smallest absolute Gasteiger partial charge is 0.462 e. The van der Waals surface area contributed by atoms with Crippen molar-refractivity contribution < 1.29 is 61.6 Å². The first-order valence-corrected chi connectivity index (χ1v) is 25.3. The van der Waals surface area contributed by atoms with Gasteiger partial charge in [-0.05, 0) is 89.9 Å². The summed E-state index contributed by atoms with van der Waals surface area (Å²) in [5.74, 6) is -1.09. The molecule has 61 heavy (non-hydrogen) atoms. The van der Waals surface area contributed by atoms with Crippen LogP contribution in [0.1, 0.15) is 155 Å². The number of esters is 2. The van der Waals surface area contributed by atoms with Gasteiger partial charge in [0.25, 0.3) is 0 Å². The Morgan fingerprint density at radius 2 is 0.902 bits per heavy atom. The molecular formula is C46H78O13P2. The number of unbranched alkanes of at least 4 members (excludes halogenated alkanes) is 11. The van der Waals surface area contributed by atoms with Crippen LogP contribution in [0.3, 0.4) is 0 Å². The molecule has 15 heteroatoms. The number of phosphoric ester groups is 2. The second-order valence-electron chi connectivity index (χ2n) is 14.6. The number of hydrogen-bond donors (Lipinski definition) is 4. The minimum Gasteiger partial charge on any atom is -0.462 e. The third kappa shape index (κ3) is 45.1. The highest BCUT2D eigenvalue weighted by atomic mass is 31.2. The van der Waals surface area contributed by atoms with Crippen molar-refractivity contribution in [3.8, 4) is 0 Å². The van der Waals surface area contributed by atoms with E-state index in [4.69, 9.17) is 23.8 Å². The Balaban J connectivity index is 4.61. The van der Waals surface area contributed by atoms with Gasteiger partial charge in [0.1, 0.15) is 12.7 Å². The third-order valence-electron chi connectivity index (χ3n) is 8.76. The highest BCUT2D eigenvalue weighted by Crippen LogP contribution is 2.43. The molecular weight excluding hydrogens is 822 g/mol. The maximum atomic E-state index is 12.7. The van der Waals surface area contributed by atoms with E-state index in [1.54, 1.807) is 0 Å². The summed E-state index contributed by atoms with van der Waals surface area (Å²) in [4.78, 5) is 52.7. The molecule has 0 aliphatic carbocycles. The quantitative estimate of drug-likeness (QED) is 0.0196. The first-order valence-electron chi connectivity index (χ1n) is 22.3. The molecule has 0 heterocycles. The summed E-state index contributed by atoms with van der Waals surface area (Å²) in [5.41, 5.74) is 0. The zero-order valence-electron chi connectivity index (χ0n) is 37.0. The first kappa shape index (κ1) is 58.3. The van der Waals surface area contributed by atoms with Crippen molar-refractivity contribution in [2.45, 2.75) is 167 Å². The van der Waals surface area contributed by atoms with Gasteiger partial charge in [0.2, 0.25) is 0 Å². The Kier molecular flexibility index (Phi) is 39.5. The Labute approximate surface area is 367 Å². The van der Waals surface area contributed by atoms with Gasteiger partial charge in [0.05, 0.1) is 19.8 Å². The molecule has 0 saturated carbocycles. The molecule has 4 N–H and O–H groups in total. The van der Waals surface area contributed by atoms with E-state index >= 15 is 0 Å². The number of rotatable bonds is 41. The maximum Gasteiger partial charge on any atom is 0.472 e. The van der Waals surface area contributed by atoms with Crippen molar-refractivity contribution >= 4 is 27.6 Å². The summed E-state index contributed by atoms with van der Waals surface area (Å²) in [5, 5.41) is 9.75. The summed E-state index contributed by atoms with van der Waals surface area (Å²) in [6.07, 6.45) is 47.1. The number of carbonyl (C=O) groups excluding carboxylic acids is 2. The van der Waals surface area contributed by atoms with E-state index in [0.29, 0.717) is 12.8 Å². The summed E-state index contributed by atoms with van der Waals surface area (Å²) in [7, 11) is -9.70. The molecule has 0 aromatic rings. The van der Waals surface area contributed by atoms with E-state index < -0.39 is 66.2 Å². The molecule has 13 nitrogen and oxygen atoms in total. The van der Waals surface area contributed by atoms with Crippen molar-refractivity contribution in [2.75, 3.05) is 26.4 Å². The highest BCUT2D eigenvalue weighted by Gasteiger charge is 2.28. The van der Waals surface area contributed by atoms with Gasteiger partial charge in [-0.1, -0.05) is 137 Å². The van der Waals surface area contributed by atoms with Crippen LogP contribution in [0.2, 0.25) is 0 Å². The highest BCUT2D eigenvalue weighted by molar-refractivity contribution is 7.47. The van der Waals surface area contributed by atoms with Crippen molar-refractivity contribution in [1.82, 2.24) is 0 Å². The number of ether oxygens (including phenoxy) is 2. The van der Waals surface area contributed by atoms with Crippen molar-refractivity contribution in [3.05, 3.63) is 85.1 Å². The molecule has 0 aliphatic heterocycles. The SMILES string of the molecule is CCC=CCC=CCC=CCCCCCCCC(=O)OCC(COP(=O)(O)OCC(O)COP(=O)(O)O)OC(=O)CCCCCC=CCC=CCC=CCC=CCCCCC. The summed E-state index contributed by atoms with van der Waals surface area (Å²) >= 11 is 0. The minimum absolute atomic E-state index is 0.0852. The topological polar surface area (TPSA) is 195 Å². The standard InChI is InChI=1S/C46H78O13P2/c1-3-5-7-9-11-13-15-17-19-20-21-22-24-26-28-30-32-34-36-38-46(49)59-44(42-58-61(53,54)57-40-43(47)39-56-60(50,51)52)41-55-45(48)37-35-33-31-29-27-25-23-18-16-14-12-10-8-6-4-2/h6,8,11-14,17-19,21-23,26,28,43-44,47H,3-5,7,9-10,15-16,20,24-25,27,29-42H2,1-2H3,(H,53,54)(H2,50,51,52). The fourth-order valence-electron chi connectivity index (χ4n) is 5.40. The molecule has 0 spiro atoms. The normalized spacial score (nSPS) is 14.8. The Bertz CT molecular complexity index is 1400. The lowest BCUT2D eigenvalue weighted by molar-refractivity contribution is -0.161. The lowest BCUT2D eigenvalue weighted by Crippen LogP contribution is -2.30. The van der Waals surface area contributed by atoms with E-state index in [1.807, 2.05) is 0 Å². The second kappa shape index (κ2) is 41.3. The van der Waals surface area contributed by atoms with Crippen LogP contribution in [0.25, 0.3) is 0 Å². The fraction of sp³-hybridized carbons (Fsp3) is 0.652. The monoisotopic (exact) mass is 900 g/mol. The average molecular weight is 901 g/mol. The number of carbonyl (C=O) groups is 2. The number of allylic oxidation sites excluding steroid dienone is 14. The van der Waals surface area contributed by atoms with Crippen molar-refractivity contribution in [3.63, 3.8) is 0 Å². The predicted molar refractivity (Wildman–Crippen MR) is 243 cm³/mol. The summed E-state index contributed by atoms with van der Waals surface area (Å²) in [6.45, 7) is 1.55. The molecule has 0 bridgehead atoms. The lowest BCUT2D eigenvalue weighted by Gasteiger charge is -2.20. The largest absolute Gasteiger partial charge is 0.472 e. The summed E-state index contributed by atoms with van der Waals surface area (Å²) < 4.78 is 47.8. The van der Waals surface area contributed by atoms with Gasteiger partial charge in [-0.2, -0.15) is 0 Å². The fourth-order valence-corrected chi connectivity index (χ4v) is 6.56. The van der Waals surface area contributed by atoms with E-state index in [2.05, 4.69) is 108 Å². The molecule has 0 rings (SSSR count). The van der Waals surface area contributed by atoms with Crippen LogP contribution in [0.15, 0.2) is 85.1 Å². The molecule has 0 fully saturated rings. The van der Waals surface area contributed by atoms with Crippen LogP contribution in [0.4, 0.5) is 0 Å². The van der Waals surface area contributed by atoms with Gasteiger partial charge >= 0.3 is 27.6 Å². The van der Waals surface area contributed by atoms with E-state index in [9.17, 15) is 28.7 Å². The van der Waals surface area contributed by atoms with Gasteiger partial charge in [-0.3, -0.25) is 23.2 Å². The van der Waals surface area contributed by atoms with Crippen LogP contribution < -0.4 is 0 Å². The molecule has 0 aromatic heterocycles. The van der Waals surface area contributed by atoms with Crippen LogP contribution in [0.5, 0.6) is 0 Å². The number of hydrogen-bond acceptors (Lipinski definition) is 10. The van der Waals surface area contributed by atoms with Crippen LogP contribution >= 0.6 is 15.6 Å². The van der Waals surface area contributed by atoms with Gasteiger partial charge < -0.3 is 29.3 Å². The van der Waals surface area contributed by atoms with Gasteiger partial charge in [-0.25, -0.2) is 9.13 Å². The van der Waals surface area contributed by atoms with Gasteiger partial charge in [0.15, 0.2) is 6.10 Å². The third-order valence-corrected chi connectivity index (χ3v) is 10.2. The van der Waals surface area contributed by atoms with Crippen molar-refractivity contribution in [2.24, 2.45) is 0 Å². The first-order chi connectivity index (χ1) is 29.4. The molecule has 0 amide bonds. The predicted octanol–water partition coefficient (Wildman–Crippen LogP) is 11.6. The van der Waals surface area contributed by atoms with Crippen molar-refractivity contribution in [1.29, 1.82) is 0 Å². The molecule has 350 valence electrons. The van der Waals surface area contributed by atoms with Crippen LogP contribution in [-0.2, 0) is 41.8 Å². The molecule has 0 radical (unpaired) electrons. The zero-order chi connectivity index (χ0) is 45.1. The minimum atomic E-state index is -4.87. The van der Waals surface area contributed by atoms with E-state index in [-0.39, 0.29) is 12.8 Å². The van der Waals surface area contributed by atoms with E-state index in [0.717, 1.165) is 96.3 Å². The molecule has 0 aliphatic rings. The molecule has 3 unspecified atom stereocenters. The Hall–Kier alpha value is -2.70. The molecule has 3 atom stereocenters. The van der Waals surface area contributed by atoms with Gasteiger partial charge in [-0.15, -0.1) is 0 Å². The van der Waals surface area contributed by atoms with Crippen LogP contribution in [-0.4, -0.2) is 70.4 Å². The number of aliphatic hydroxyl groups excluding tert-OH is 1. The zero-order valence-corrected chi connectivity index (χ0v) is 38.8. The second-order valence-corrected chi connectivity index (χ2v) is 17.3. The van der Waals surface area contributed by atoms with E-state index in [1.165, 1.54) is 19.3 Å². The number of aliphatic hydroxyl groups is 1. The number of phosphoric acid groups is 2. The molecule has 0 saturated heterocycles.